The number of carbonyl (C=O) groups excluding carboxylic acids is 2. The van der Waals surface area contributed by atoms with Crippen molar-refractivity contribution in [3.05, 3.63) is 71.4 Å². The van der Waals surface area contributed by atoms with Crippen molar-refractivity contribution in [2.75, 3.05) is 5.32 Å². The van der Waals surface area contributed by atoms with Gasteiger partial charge in [0.15, 0.2) is 0 Å². The maximum Gasteiger partial charge on any atom is 0.339 e. The number of benzene rings is 2. The van der Waals surface area contributed by atoms with Crippen LogP contribution in [0.5, 0.6) is 0 Å². The van der Waals surface area contributed by atoms with Gasteiger partial charge < -0.3 is 10.1 Å². The monoisotopic (exact) mass is 362 g/mol. The smallest absolute Gasteiger partial charge is 0.339 e. The third-order valence-corrected chi connectivity index (χ3v) is 3.94. The van der Waals surface area contributed by atoms with Gasteiger partial charge in [-0.05, 0) is 62.2 Å². The molecule has 5 heteroatoms. The van der Waals surface area contributed by atoms with Crippen molar-refractivity contribution in [1.82, 2.24) is 4.98 Å². The minimum absolute atomic E-state index is 0.279. The van der Waals surface area contributed by atoms with Crippen LogP contribution < -0.4 is 5.32 Å². The molecule has 0 fully saturated rings. The Morgan fingerprint density at radius 3 is 2.15 bits per heavy atom. The largest absolute Gasteiger partial charge is 0.456 e. The molecule has 0 unspecified atom stereocenters. The second-order valence-electron chi connectivity index (χ2n) is 7.38. The van der Waals surface area contributed by atoms with Gasteiger partial charge in [-0.25, -0.2) is 9.78 Å². The number of aryl methyl sites for hydroxylation is 1. The lowest BCUT2D eigenvalue weighted by Crippen LogP contribution is -2.24. The maximum atomic E-state index is 12.8. The van der Waals surface area contributed by atoms with Gasteiger partial charge in [-0.3, -0.25) is 4.79 Å². The Labute approximate surface area is 158 Å². The van der Waals surface area contributed by atoms with Crippen LogP contribution in [0.1, 0.15) is 47.1 Å². The van der Waals surface area contributed by atoms with E-state index in [1.165, 1.54) is 0 Å². The average molecular weight is 362 g/mol. The maximum absolute atomic E-state index is 12.8. The van der Waals surface area contributed by atoms with Crippen molar-refractivity contribution in [2.24, 2.45) is 0 Å². The van der Waals surface area contributed by atoms with Gasteiger partial charge in [0, 0.05) is 11.8 Å². The lowest BCUT2D eigenvalue weighted by Gasteiger charge is -2.20. The highest BCUT2D eigenvalue weighted by molar-refractivity contribution is 6.15. The second kappa shape index (κ2) is 7.19. The predicted molar refractivity (Wildman–Crippen MR) is 106 cm³/mol. The molecule has 2 aromatic carbocycles. The number of nitrogens with zero attached hydrogens (tertiary/aromatic N) is 1. The first-order valence-electron chi connectivity index (χ1n) is 8.74. The zero-order valence-corrected chi connectivity index (χ0v) is 15.9. The van der Waals surface area contributed by atoms with E-state index in [1.807, 2.05) is 45.9 Å². The van der Waals surface area contributed by atoms with Gasteiger partial charge in [0.2, 0.25) is 0 Å². The van der Waals surface area contributed by atoms with Crippen molar-refractivity contribution in [2.45, 2.75) is 33.3 Å². The summed E-state index contributed by atoms with van der Waals surface area (Å²) < 4.78 is 5.49. The summed E-state index contributed by atoms with van der Waals surface area (Å²) in [6.07, 6.45) is 1.69. The third-order valence-electron chi connectivity index (χ3n) is 3.94. The van der Waals surface area contributed by atoms with Crippen molar-refractivity contribution in [3.8, 4) is 0 Å². The molecule has 1 aromatic heterocycles. The van der Waals surface area contributed by atoms with E-state index in [4.69, 9.17) is 4.74 Å². The summed E-state index contributed by atoms with van der Waals surface area (Å²) in [5, 5.41) is 4.16. The number of hydrogen-bond acceptors (Lipinski definition) is 4. The molecule has 1 N–H and O–H groups in total. The van der Waals surface area contributed by atoms with Crippen LogP contribution in [0, 0.1) is 6.92 Å². The molecule has 3 rings (SSSR count). The van der Waals surface area contributed by atoms with Crippen LogP contribution in [0.15, 0.2) is 54.7 Å². The lowest BCUT2D eigenvalue weighted by atomic mass is 9.99. The van der Waals surface area contributed by atoms with Gasteiger partial charge in [0.1, 0.15) is 11.4 Å². The summed E-state index contributed by atoms with van der Waals surface area (Å²) in [5.74, 6) is -0.213. The van der Waals surface area contributed by atoms with Gasteiger partial charge in [-0.15, -0.1) is 0 Å². The van der Waals surface area contributed by atoms with E-state index < -0.39 is 11.6 Å². The number of esters is 1. The Hall–Kier alpha value is -3.21. The van der Waals surface area contributed by atoms with Crippen molar-refractivity contribution in [3.63, 3.8) is 0 Å². The molecule has 138 valence electrons. The Kier molecular flexibility index (Phi) is 4.95. The quantitative estimate of drug-likeness (QED) is 0.683. The number of amides is 1. The van der Waals surface area contributed by atoms with Crippen LogP contribution in [-0.4, -0.2) is 22.5 Å². The molecule has 0 aliphatic heterocycles. The van der Waals surface area contributed by atoms with E-state index in [0.29, 0.717) is 27.7 Å². The van der Waals surface area contributed by atoms with Crippen molar-refractivity contribution >= 4 is 28.5 Å². The van der Waals surface area contributed by atoms with Crippen molar-refractivity contribution < 1.29 is 14.3 Å². The fourth-order valence-electron chi connectivity index (χ4n) is 2.74. The Morgan fingerprint density at radius 1 is 0.926 bits per heavy atom. The van der Waals surface area contributed by atoms with Gasteiger partial charge in [0.05, 0.1) is 5.56 Å². The number of aromatic nitrogens is 1. The number of nitrogens with one attached hydrogen (secondary N) is 1. The van der Waals surface area contributed by atoms with Gasteiger partial charge in [0.25, 0.3) is 5.91 Å². The highest BCUT2D eigenvalue weighted by Crippen LogP contribution is 2.25. The predicted octanol–water partition coefficient (Wildman–Crippen LogP) is 4.75. The molecule has 0 saturated heterocycles. The zero-order chi connectivity index (χ0) is 19.6. The molecule has 5 nitrogen and oxygen atoms in total. The van der Waals surface area contributed by atoms with Crippen LogP contribution in [0.3, 0.4) is 0 Å². The van der Waals surface area contributed by atoms with Crippen molar-refractivity contribution in [1.29, 1.82) is 0 Å². The number of carbonyl (C=O) groups is 2. The van der Waals surface area contributed by atoms with Gasteiger partial charge in [-0.2, -0.15) is 0 Å². The topological polar surface area (TPSA) is 68.3 Å². The lowest BCUT2D eigenvalue weighted by molar-refractivity contribution is 0.00717. The molecule has 1 amide bonds. The van der Waals surface area contributed by atoms with Gasteiger partial charge in [-0.1, -0.05) is 30.3 Å². The van der Waals surface area contributed by atoms with Crippen LogP contribution in [0.25, 0.3) is 10.8 Å². The average Bonchev–Trinajstić information content (AvgIpc) is 2.61. The number of fused-ring (bicyclic) bond motifs is 1. The molecule has 27 heavy (non-hydrogen) atoms. The SMILES string of the molecule is Cc1ccc(NC(=O)c2cccc3c(C(=O)OC(C)(C)C)cccc23)nc1. The summed E-state index contributed by atoms with van der Waals surface area (Å²) in [5.41, 5.74) is 1.33. The van der Waals surface area contributed by atoms with Crippen LogP contribution in [0.2, 0.25) is 0 Å². The number of pyridine rings is 1. The van der Waals surface area contributed by atoms with E-state index >= 15 is 0 Å². The molecular weight excluding hydrogens is 340 g/mol. The first-order valence-corrected chi connectivity index (χ1v) is 8.74. The highest BCUT2D eigenvalue weighted by Gasteiger charge is 2.21. The molecule has 3 aromatic rings. The molecule has 0 bridgehead atoms. The van der Waals surface area contributed by atoms with Crippen LogP contribution in [0.4, 0.5) is 5.82 Å². The third kappa shape index (κ3) is 4.31. The van der Waals surface area contributed by atoms with E-state index in [2.05, 4.69) is 10.3 Å². The number of hydrogen-bond donors (Lipinski definition) is 1. The van der Waals surface area contributed by atoms with Gasteiger partial charge >= 0.3 is 5.97 Å². The van der Waals surface area contributed by atoms with E-state index in [9.17, 15) is 9.59 Å². The highest BCUT2D eigenvalue weighted by atomic mass is 16.6. The first-order chi connectivity index (χ1) is 12.7. The Morgan fingerprint density at radius 2 is 1.56 bits per heavy atom. The fraction of sp³-hybridized carbons (Fsp3) is 0.227. The number of rotatable bonds is 3. The van der Waals surface area contributed by atoms with E-state index in [1.54, 1.807) is 36.5 Å². The molecule has 0 spiro atoms. The molecular formula is C22H22N2O3. The van der Waals surface area contributed by atoms with Crippen LogP contribution >= 0.6 is 0 Å². The van der Waals surface area contributed by atoms with E-state index in [0.717, 1.165) is 5.56 Å². The first kappa shape index (κ1) is 18.6. The minimum atomic E-state index is -0.592. The minimum Gasteiger partial charge on any atom is -0.456 e. The standard InChI is InChI=1S/C22H22N2O3/c1-14-11-12-19(23-13-14)24-20(25)17-9-5-8-16-15(17)7-6-10-18(16)21(26)27-22(2,3)4/h5-13H,1-4H3,(H,23,24,25). The number of ether oxygens (including phenoxy) is 1. The zero-order valence-electron chi connectivity index (χ0n) is 15.9. The van der Waals surface area contributed by atoms with Crippen LogP contribution in [-0.2, 0) is 4.74 Å². The molecule has 0 aliphatic carbocycles. The fourth-order valence-corrected chi connectivity index (χ4v) is 2.74. The summed E-state index contributed by atoms with van der Waals surface area (Å²) in [4.78, 5) is 29.5. The molecule has 1 heterocycles. The second-order valence-corrected chi connectivity index (χ2v) is 7.38. The normalized spacial score (nSPS) is 11.3. The summed E-state index contributed by atoms with van der Waals surface area (Å²) in [6, 6.07) is 14.2. The van der Waals surface area contributed by atoms with E-state index in [-0.39, 0.29) is 5.91 Å². The molecule has 0 atom stereocenters. The number of anilines is 1. The molecule has 0 saturated carbocycles. The summed E-state index contributed by atoms with van der Waals surface area (Å²) in [7, 11) is 0. The molecule has 0 aliphatic rings. The summed E-state index contributed by atoms with van der Waals surface area (Å²) in [6.45, 7) is 7.40. The molecule has 0 radical (unpaired) electrons. The Balaban J connectivity index is 1.97. The Bertz CT molecular complexity index is 1000. The summed E-state index contributed by atoms with van der Waals surface area (Å²) >= 11 is 0.